The van der Waals surface area contributed by atoms with Gasteiger partial charge in [0.15, 0.2) is 0 Å². The SMILES string of the molecule is Cn1cc(-c2nc3c(C(N)=NC=N)cc(N4CCOCC4)cc3n2-c2ccnc3c(Cl)cccc23)cn1. The Bertz CT molecular complexity index is 1680. The second-order valence-corrected chi connectivity index (χ2v) is 9.15. The van der Waals surface area contributed by atoms with Gasteiger partial charge in [-0.1, -0.05) is 23.7 Å². The van der Waals surface area contributed by atoms with Crippen LogP contribution in [0.15, 0.2) is 60.0 Å². The molecule has 0 bridgehead atoms. The van der Waals surface area contributed by atoms with Crippen molar-refractivity contribution in [2.75, 3.05) is 31.2 Å². The standard InChI is InChI=1S/C26H24ClN9O/c1-34-14-16(13-32-34)26-33-24-19(25(29)31-15-28)11-17(35-7-9-37-10-8-35)12-22(24)36(26)21-5-6-30-23-18(21)3-2-4-20(23)27/h2-6,11-15H,7-10H2,1H3,(H3,28,29,31). The van der Waals surface area contributed by atoms with E-state index in [1.54, 1.807) is 17.1 Å². The largest absolute Gasteiger partial charge is 0.383 e. The number of fused-ring (bicyclic) bond motifs is 2. The van der Waals surface area contributed by atoms with Gasteiger partial charge in [-0.3, -0.25) is 19.6 Å². The number of pyridine rings is 1. The lowest BCUT2D eigenvalue weighted by Gasteiger charge is -2.29. The second-order valence-electron chi connectivity index (χ2n) is 8.74. The van der Waals surface area contributed by atoms with Gasteiger partial charge in [-0.25, -0.2) is 9.98 Å². The van der Waals surface area contributed by atoms with Crippen LogP contribution < -0.4 is 10.6 Å². The van der Waals surface area contributed by atoms with Gasteiger partial charge in [0.25, 0.3) is 0 Å². The number of ether oxygens (including phenoxy) is 1. The number of anilines is 1. The lowest BCUT2D eigenvalue weighted by Crippen LogP contribution is -2.36. The first-order valence-corrected chi connectivity index (χ1v) is 12.2. The monoisotopic (exact) mass is 513 g/mol. The van der Waals surface area contributed by atoms with Crippen LogP contribution in [0.25, 0.3) is 39.0 Å². The third-order valence-corrected chi connectivity index (χ3v) is 6.81. The Morgan fingerprint density at radius 1 is 1.19 bits per heavy atom. The van der Waals surface area contributed by atoms with E-state index >= 15 is 0 Å². The maximum absolute atomic E-state index is 7.49. The molecule has 37 heavy (non-hydrogen) atoms. The fourth-order valence-electron chi connectivity index (χ4n) is 4.80. The van der Waals surface area contributed by atoms with E-state index in [2.05, 4.69) is 30.6 Å². The van der Waals surface area contributed by atoms with Gasteiger partial charge < -0.3 is 15.4 Å². The predicted octanol–water partition coefficient (Wildman–Crippen LogP) is 3.78. The van der Waals surface area contributed by atoms with Crippen molar-refractivity contribution in [3.05, 3.63) is 65.6 Å². The van der Waals surface area contributed by atoms with Gasteiger partial charge in [-0.2, -0.15) is 5.10 Å². The summed E-state index contributed by atoms with van der Waals surface area (Å²) in [6, 6.07) is 11.8. The van der Waals surface area contributed by atoms with Crippen molar-refractivity contribution in [1.82, 2.24) is 24.3 Å². The molecule has 0 unspecified atom stereocenters. The topological polar surface area (TPSA) is 123 Å². The maximum atomic E-state index is 7.49. The number of aromatic nitrogens is 5. The molecule has 0 aliphatic carbocycles. The average Bonchev–Trinajstić information content (AvgIpc) is 3.52. The minimum absolute atomic E-state index is 0.222. The number of morpholine rings is 1. The number of aryl methyl sites for hydroxylation is 1. The Morgan fingerprint density at radius 3 is 2.78 bits per heavy atom. The Balaban J connectivity index is 1.73. The predicted molar refractivity (Wildman–Crippen MR) is 146 cm³/mol. The Morgan fingerprint density at radius 2 is 2.03 bits per heavy atom. The molecule has 186 valence electrons. The Labute approximate surface area is 217 Å². The van der Waals surface area contributed by atoms with E-state index in [1.807, 2.05) is 43.6 Å². The number of nitrogens with zero attached hydrogens (tertiary/aromatic N) is 7. The summed E-state index contributed by atoms with van der Waals surface area (Å²) in [6.45, 7) is 2.80. The first-order chi connectivity index (χ1) is 18.0. The molecule has 3 N–H and O–H groups in total. The highest BCUT2D eigenvalue weighted by atomic mass is 35.5. The molecule has 0 spiro atoms. The zero-order valence-electron chi connectivity index (χ0n) is 20.1. The number of rotatable bonds is 5. The van der Waals surface area contributed by atoms with Crippen molar-refractivity contribution in [1.29, 1.82) is 5.41 Å². The molecule has 3 aromatic heterocycles. The lowest BCUT2D eigenvalue weighted by atomic mass is 10.1. The molecule has 10 nitrogen and oxygen atoms in total. The van der Waals surface area contributed by atoms with Crippen LogP contribution in [0.1, 0.15) is 5.56 Å². The number of hydrogen-bond donors (Lipinski definition) is 2. The van der Waals surface area contributed by atoms with E-state index in [-0.39, 0.29) is 5.84 Å². The highest BCUT2D eigenvalue weighted by Crippen LogP contribution is 2.36. The van der Waals surface area contributed by atoms with Crippen LogP contribution in [-0.4, -0.2) is 62.8 Å². The molecule has 6 rings (SSSR count). The minimum atomic E-state index is 0.222. The molecule has 0 amide bonds. The Kier molecular flexibility index (Phi) is 5.82. The number of amidine groups is 1. The normalized spacial score (nSPS) is 14.5. The van der Waals surface area contributed by atoms with Gasteiger partial charge in [0.1, 0.15) is 23.5 Å². The van der Waals surface area contributed by atoms with Gasteiger partial charge in [0.05, 0.1) is 46.7 Å². The van der Waals surface area contributed by atoms with Crippen molar-refractivity contribution >= 4 is 51.4 Å². The van der Waals surface area contributed by atoms with Crippen molar-refractivity contribution in [3.8, 4) is 17.1 Å². The van der Waals surface area contributed by atoms with E-state index in [9.17, 15) is 0 Å². The molecule has 4 heterocycles. The van der Waals surface area contributed by atoms with E-state index in [0.29, 0.717) is 40.7 Å². The maximum Gasteiger partial charge on any atom is 0.148 e. The number of hydrogen-bond acceptors (Lipinski definition) is 6. The third-order valence-electron chi connectivity index (χ3n) is 6.50. The van der Waals surface area contributed by atoms with Gasteiger partial charge in [-0.15, -0.1) is 0 Å². The van der Waals surface area contributed by atoms with Crippen LogP contribution >= 0.6 is 11.6 Å². The zero-order valence-corrected chi connectivity index (χ0v) is 20.9. The zero-order chi connectivity index (χ0) is 25.5. The number of nitrogens with one attached hydrogen (secondary N) is 1. The van der Waals surface area contributed by atoms with Gasteiger partial charge in [0.2, 0.25) is 0 Å². The molecule has 5 aromatic rings. The summed E-state index contributed by atoms with van der Waals surface area (Å²) < 4.78 is 9.41. The van der Waals surface area contributed by atoms with E-state index in [0.717, 1.165) is 47.3 Å². The van der Waals surface area contributed by atoms with Gasteiger partial charge in [0, 0.05) is 49.2 Å². The summed E-state index contributed by atoms with van der Waals surface area (Å²) in [6.07, 6.45) is 6.40. The van der Waals surface area contributed by atoms with E-state index in [1.165, 1.54) is 0 Å². The van der Waals surface area contributed by atoms with Crippen LogP contribution in [0.2, 0.25) is 5.02 Å². The van der Waals surface area contributed by atoms with Crippen LogP contribution in [0.5, 0.6) is 0 Å². The quantitative estimate of drug-likeness (QED) is 0.272. The van der Waals surface area contributed by atoms with Crippen LogP contribution in [0.3, 0.4) is 0 Å². The highest BCUT2D eigenvalue weighted by molar-refractivity contribution is 6.35. The summed E-state index contributed by atoms with van der Waals surface area (Å²) >= 11 is 6.52. The fraction of sp³-hybridized carbons (Fsp3) is 0.192. The highest BCUT2D eigenvalue weighted by Gasteiger charge is 2.23. The number of nitrogens with two attached hydrogens (primary N) is 1. The first-order valence-electron chi connectivity index (χ1n) is 11.8. The summed E-state index contributed by atoms with van der Waals surface area (Å²) in [5.74, 6) is 0.915. The molecule has 1 aliphatic rings. The van der Waals surface area contributed by atoms with Gasteiger partial charge in [-0.05, 0) is 24.3 Å². The average molecular weight is 514 g/mol. The lowest BCUT2D eigenvalue weighted by molar-refractivity contribution is 0.122. The number of halogens is 1. The molecule has 0 atom stereocenters. The van der Waals surface area contributed by atoms with Crippen LogP contribution in [0.4, 0.5) is 5.69 Å². The van der Waals surface area contributed by atoms with Crippen LogP contribution in [-0.2, 0) is 11.8 Å². The summed E-state index contributed by atoms with van der Waals surface area (Å²) in [7, 11) is 1.87. The van der Waals surface area contributed by atoms with E-state index < -0.39 is 0 Å². The third kappa shape index (κ3) is 4.00. The van der Waals surface area contributed by atoms with Crippen molar-refractivity contribution in [3.63, 3.8) is 0 Å². The molecule has 1 saturated heterocycles. The van der Waals surface area contributed by atoms with Crippen molar-refractivity contribution < 1.29 is 4.74 Å². The molecule has 0 saturated carbocycles. The first kappa shape index (κ1) is 23.1. The molecular formula is C26H24ClN9O. The van der Waals surface area contributed by atoms with Crippen molar-refractivity contribution in [2.24, 2.45) is 17.8 Å². The molecule has 11 heteroatoms. The minimum Gasteiger partial charge on any atom is -0.383 e. The number of imidazole rings is 1. The molecule has 0 radical (unpaired) electrons. The number of aliphatic imine (C=N–C) groups is 1. The van der Waals surface area contributed by atoms with E-state index in [4.69, 9.17) is 32.5 Å². The van der Waals surface area contributed by atoms with Crippen LogP contribution in [0, 0.1) is 5.41 Å². The molecule has 1 fully saturated rings. The number of para-hydroxylation sites is 1. The molecule has 1 aliphatic heterocycles. The fourth-order valence-corrected chi connectivity index (χ4v) is 5.02. The van der Waals surface area contributed by atoms with Gasteiger partial charge >= 0.3 is 0 Å². The summed E-state index contributed by atoms with van der Waals surface area (Å²) in [5.41, 5.74) is 11.9. The van der Waals surface area contributed by atoms with Crippen molar-refractivity contribution in [2.45, 2.75) is 0 Å². The smallest absolute Gasteiger partial charge is 0.148 e. The summed E-state index contributed by atoms with van der Waals surface area (Å²) in [5, 5.41) is 13.3. The second kappa shape index (κ2) is 9.30. The molecular weight excluding hydrogens is 490 g/mol. The molecule has 2 aromatic carbocycles. The Hall–Kier alpha value is -4.28. The summed E-state index contributed by atoms with van der Waals surface area (Å²) in [4.78, 5) is 15.9. The number of benzene rings is 2.